The molecule has 0 radical (unpaired) electrons. The molecule has 0 fully saturated rings. The average Bonchev–Trinajstić information content (AvgIpc) is 3.80. The first-order valence-electron chi connectivity index (χ1n) is 22.0. The minimum absolute atomic E-state index is 0.0216. The maximum absolute atomic E-state index is 2.57. The van der Waals surface area contributed by atoms with Crippen LogP contribution < -0.4 is 0 Å². The molecule has 0 amide bonds. The number of hydrogen-bond donors (Lipinski definition) is 0. The van der Waals surface area contributed by atoms with Gasteiger partial charge in [0.05, 0.1) is 0 Å². The van der Waals surface area contributed by atoms with Gasteiger partial charge in [-0.1, -0.05) is 172 Å². The van der Waals surface area contributed by atoms with Crippen molar-refractivity contribution in [1.82, 2.24) is 0 Å². The second kappa shape index (κ2) is 12.1. The van der Waals surface area contributed by atoms with Gasteiger partial charge in [-0.2, -0.15) is 0 Å². The van der Waals surface area contributed by atoms with E-state index in [4.69, 9.17) is 0 Å². The van der Waals surface area contributed by atoms with E-state index in [0.717, 1.165) is 0 Å². The minimum atomic E-state index is 0.0216. The van der Waals surface area contributed by atoms with Gasteiger partial charge in [0, 0.05) is 0 Å². The highest BCUT2D eigenvalue weighted by Gasteiger charge is 2.27. The normalized spacial score (nSPS) is 12.8. The molecule has 0 heterocycles. The number of rotatable bonds is 3. The summed E-state index contributed by atoms with van der Waals surface area (Å²) in [5, 5.41) is 26.5. The fraction of sp³-hybridized carbons (Fsp3) is 0.0645. The molecule has 0 atom stereocenters. The number of fused-ring (bicyclic) bond motifs is 9. The quantitative estimate of drug-likeness (QED) is 0.157. The van der Waals surface area contributed by atoms with Gasteiger partial charge >= 0.3 is 0 Å². The Balaban J connectivity index is 1.20. The molecule has 0 aliphatic carbocycles. The molecular weight excluding hydrogens is 745 g/mol. The van der Waals surface area contributed by atoms with E-state index in [1.165, 1.54) is 147 Å². The molecule has 0 bridgehead atoms. The zero-order valence-electron chi connectivity index (χ0n) is 34.9. The first-order valence-corrected chi connectivity index (χ1v) is 22.0. The van der Waals surface area contributed by atoms with Gasteiger partial charge in [-0.25, -0.2) is 0 Å². The third-order valence-electron chi connectivity index (χ3n) is 14.3. The van der Waals surface area contributed by atoms with E-state index in [9.17, 15) is 0 Å². The van der Waals surface area contributed by atoms with Crippen LogP contribution in [0.2, 0.25) is 0 Å². The summed E-state index contributed by atoms with van der Waals surface area (Å²) in [5.74, 6) is 0. The molecule has 14 rings (SSSR count). The minimum Gasteiger partial charge on any atom is -0.0622 e. The van der Waals surface area contributed by atoms with Gasteiger partial charge in [-0.15, -0.1) is 0 Å². The molecule has 0 saturated carbocycles. The van der Waals surface area contributed by atoms with Crippen molar-refractivity contribution in [2.75, 3.05) is 0 Å². The molecule has 0 nitrogen and oxygen atoms in total. The van der Waals surface area contributed by atoms with Gasteiger partial charge in [0.15, 0.2) is 0 Å². The van der Waals surface area contributed by atoms with Gasteiger partial charge in [0.25, 0.3) is 0 Å². The van der Waals surface area contributed by atoms with E-state index in [2.05, 4.69) is 209 Å². The molecule has 0 aliphatic rings. The van der Waals surface area contributed by atoms with Crippen LogP contribution in [0.25, 0.3) is 141 Å². The third-order valence-corrected chi connectivity index (χ3v) is 14.3. The van der Waals surface area contributed by atoms with E-state index in [-0.39, 0.29) is 5.41 Å². The van der Waals surface area contributed by atoms with Gasteiger partial charge in [-0.3, -0.25) is 0 Å². The zero-order chi connectivity index (χ0) is 41.0. The van der Waals surface area contributed by atoms with Crippen LogP contribution in [0.15, 0.2) is 188 Å². The molecule has 62 heavy (non-hydrogen) atoms. The molecule has 14 aromatic rings. The number of hydrogen-bond acceptors (Lipinski definition) is 0. The Labute approximate surface area is 359 Å². The fourth-order valence-corrected chi connectivity index (χ4v) is 11.8. The summed E-state index contributed by atoms with van der Waals surface area (Å²) in [6.07, 6.45) is 0. The molecule has 0 heteroatoms. The fourth-order valence-electron chi connectivity index (χ4n) is 11.8. The summed E-state index contributed by atoms with van der Waals surface area (Å²) >= 11 is 0. The predicted molar refractivity (Wildman–Crippen MR) is 270 cm³/mol. The standard InChI is InChI=1S/C62H40/c1-62(2,3)53-24-13-12-21-43(53)40-29-39-26-25-37-27-28-45-47-33-50-51(34-48(47)49-32-41(30-40)54(39)57(37)59(45)49)55(35-15-6-4-7-16-35)60-46-23-14-22-44-42-20-11-10-19-38(42)31-52(58(44)46)61(60)56(50)36-17-8-5-9-18-36/h4-34H,1-3H3. The maximum Gasteiger partial charge on any atom is -0.000719 e. The summed E-state index contributed by atoms with van der Waals surface area (Å²) in [4.78, 5) is 0. The van der Waals surface area contributed by atoms with E-state index in [1.54, 1.807) is 0 Å². The lowest BCUT2D eigenvalue weighted by Crippen LogP contribution is -2.12. The smallest absolute Gasteiger partial charge is 0.000719 e. The predicted octanol–water partition coefficient (Wildman–Crippen LogP) is 17.8. The lowest BCUT2D eigenvalue weighted by molar-refractivity contribution is 0.592. The highest BCUT2D eigenvalue weighted by atomic mass is 14.3. The van der Waals surface area contributed by atoms with Gasteiger partial charge in [0.2, 0.25) is 0 Å². The van der Waals surface area contributed by atoms with Crippen LogP contribution in [0.1, 0.15) is 26.3 Å². The summed E-state index contributed by atoms with van der Waals surface area (Å²) in [7, 11) is 0. The molecule has 0 saturated heterocycles. The van der Waals surface area contributed by atoms with Crippen LogP contribution in [-0.4, -0.2) is 0 Å². The highest BCUT2D eigenvalue weighted by Crippen LogP contribution is 2.55. The lowest BCUT2D eigenvalue weighted by Gasteiger charge is -2.23. The SMILES string of the molecule is CC(C)(C)c1ccccc1-c1cc2ccc3ccc4c5cc6c(-c7ccccc7)c7c8cc9ccccc9c9cccc(c7c(-c7ccccc7)c6cc5c5cc(c1)c2c3c45)c98. The van der Waals surface area contributed by atoms with Crippen molar-refractivity contribution in [3.8, 4) is 33.4 Å². The summed E-state index contributed by atoms with van der Waals surface area (Å²) in [5.41, 5.74) is 9.10. The van der Waals surface area contributed by atoms with Crippen molar-refractivity contribution in [3.05, 3.63) is 194 Å². The Bertz CT molecular complexity index is 4150. The Morgan fingerprint density at radius 1 is 0.258 bits per heavy atom. The van der Waals surface area contributed by atoms with E-state index >= 15 is 0 Å². The summed E-state index contributed by atoms with van der Waals surface area (Å²) in [6, 6.07) is 71.7. The van der Waals surface area contributed by atoms with Crippen LogP contribution in [0.3, 0.4) is 0 Å². The summed E-state index contributed by atoms with van der Waals surface area (Å²) < 4.78 is 0. The van der Waals surface area contributed by atoms with Crippen LogP contribution in [0.5, 0.6) is 0 Å². The largest absolute Gasteiger partial charge is 0.0622 e. The molecule has 0 unspecified atom stereocenters. The zero-order valence-corrected chi connectivity index (χ0v) is 34.9. The van der Waals surface area contributed by atoms with Crippen LogP contribution in [-0.2, 0) is 5.41 Å². The Morgan fingerprint density at radius 3 is 1.58 bits per heavy atom. The second-order valence-corrected chi connectivity index (χ2v) is 18.7. The van der Waals surface area contributed by atoms with Gasteiger partial charge in [0.1, 0.15) is 0 Å². The monoisotopic (exact) mass is 784 g/mol. The molecule has 0 N–H and O–H groups in total. The van der Waals surface area contributed by atoms with Crippen molar-refractivity contribution < 1.29 is 0 Å². The first kappa shape index (κ1) is 34.2. The van der Waals surface area contributed by atoms with Gasteiger partial charge in [-0.05, 0) is 188 Å². The molecule has 0 aromatic heterocycles. The van der Waals surface area contributed by atoms with Crippen molar-refractivity contribution in [2.45, 2.75) is 26.2 Å². The van der Waals surface area contributed by atoms with E-state index in [1.807, 2.05) is 0 Å². The van der Waals surface area contributed by atoms with Crippen molar-refractivity contribution in [1.29, 1.82) is 0 Å². The molecule has 0 spiro atoms. The van der Waals surface area contributed by atoms with Crippen molar-refractivity contribution in [2.24, 2.45) is 0 Å². The van der Waals surface area contributed by atoms with E-state index < -0.39 is 0 Å². The topological polar surface area (TPSA) is 0 Å². The van der Waals surface area contributed by atoms with E-state index in [0.29, 0.717) is 0 Å². The van der Waals surface area contributed by atoms with Crippen molar-refractivity contribution >= 4 is 108 Å². The van der Waals surface area contributed by atoms with Crippen LogP contribution in [0, 0.1) is 0 Å². The number of benzene rings is 12. The summed E-state index contributed by atoms with van der Waals surface area (Å²) in [6.45, 7) is 6.97. The van der Waals surface area contributed by atoms with Crippen molar-refractivity contribution in [3.63, 3.8) is 0 Å². The Kier molecular flexibility index (Phi) is 6.65. The second-order valence-electron chi connectivity index (χ2n) is 18.7. The highest BCUT2D eigenvalue weighted by molar-refractivity contribution is 6.45. The third kappa shape index (κ3) is 4.46. The molecule has 288 valence electrons. The average molecular weight is 785 g/mol. The van der Waals surface area contributed by atoms with Crippen LogP contribution >= 0.6 is 0 Å². The molecule has 14 aromatic carbocycles. The first-order chi connectivity index (χ1) is 30.4. The van der Waals surface area contributed by atoms with Gasteiger partial charge < -0.3 is 0 Å². The van der Waals surface area contributed by atoms with Crippen LogP contribution in [0.4, 0.5) is 0 Å². The molecule has 0 aliphatic heterocycles. The maximum atomic E-state index is 2.57. The lowest BCUT2D eigenvalue weighted by atomic mass is 9.81. The molecular formula is C62H40. The Hall–Kier alpha value is -7.54. The Morgan fingerprint density at radius 2 is 0.823 bits per heavy atom.